The van der Waals surface area contributed by atoms with Crippen molar-refractivity contribution in [3.63, 3.8) is 0 Å². The van der Waals surface area contributed by atoms with Crippen LogP contribution in [0.15, 0.2) is 52.9 Å². The molecule has 0 amide bonds. The van der Waals surface area contributed by atoms with Crippen LogP contribution >= 0.6 is 11.6 Å². The minimum Gasteiger partial charge on any atom is -0.427 e. The summed E-state index contributed by atoms with van der Waals surface area (Å²) in [5.41, 5.74) is 0.574. The molecular weight excluding hydrogens is 284 g/mol. The Morgan fingerprint density at radius 2 is 1.40 bits per heavy atom. The highest BCUT2D eigenvalue weighted by atomic mass is 35.5. The van der Waals surface area contributed by atoms with Gasteiger partial charge in [-0.2, -0.15) is 4.98 Å². The van der Waals surface area contributed by atoms with Crippen LogP contribution in [0, 0.1) is 11.6 Å². The molecule has 2 aromatic carbocycles. The van der Waals surface area contributed by atoms with E-state index in [1.54, 1.807) is 24.3 Å². The van der Waals surface area contributed by atoms with Crippen molar-refractivity contribution in [2.24, 2.45) is 0 Å². The van der Waals surface area contributed by atoms with Crippen LogP contribution in [0.25, 0.3) is 22.6 Å². The zero-order valence-corrected chi connectivity index (χ0v) is 10.9. The van der Waals surface area contributed by atoms with E-state index in [1.165, 1.54) is 24.3 Å². The van der Waals surface area contributed by atoms with Gasteiger partial charge in [-0.05, 0) is 35.9 Å². The highest BCUT2D eigenvalue weighted by Gasteiger charge is 2.20. The highest BCUT2D eigenvalue weighted by molar-refractivity contribution is 6.28. The lowest BCUT2D eigenvalue weighted by atomic mass is 10.1. The fourth-order valence-electron chi connectivity index (χ4n) is 1.96. The summed E-state index contributed by atoms with van der Waals surface area (Å²) in [4.78, 5) is 3.95. The largest absolute Gasteiger partial charge is 0.427 e. The standard InChI is InChI=1S/C15H8ClF2NO/c16-15-19-13(9-5-1-3-7-11(9)17)14(20-15)10-6-2-4-8-12(10)18/h1-8H. The number of halogens is 3. The zero-order chi connectivity index (χ0) is 14.1. The Kier molecular flexibility index (Phi) is 3.24. The van der Waals surface area contributed by atoms with Crippen molar-refractivity contribution < 1.29 is 13.2 Å². The Morgan fingerprint density at radius 1 is 0.850 bits per heavy atom. The number of hydrogen-bond donors (Lipinski definition) is 0. The Hall–Kier alpha value is -2.20. The van der Waals surface area contributed by atoms with Gasteiger partial charge in [0.2, 0.25) is 0 Å². The van der Waals surface area contributed by atoms with Crippen LogP contribution in [0.3, 0.4) is 0 Å². The number of nitrogens with zero attached hydrogens (tertiary/aromatic N) is 1. The summed E-state index contributed by atoms with van der Waals surface area (Å²) in [6.07, 6.45) is 0. The van der Waals surface area contributed by atoms with Gasteiger partial charge in [0.15, 0.2) is 5.76 Å². The topological polar surface area (TPSA) is 26.0 Å². The predicted octanol–water partition coefficient (Wildman–Crippen LogP) is 4.94. The maximum Gasteiger partial charge on any atom is 0.293 e. The van der Waals surface area contributed by atoms with Gasteiger partial charge in [0, 0.05) is 5.56 Å². The predicted molar refractivity (Wildman–Crippen MR) is 72.3 cm³/mol. The fraction of sp³-hybridized carbons (Fsp3) is 0. The van der Waals surface area contributed by atoms with Crippen molar-refractivity contribution in [3.8, 4) is 22.6 Å². The molecule has 3 rings (SSSR count). The van der Waals surface area contributed by atoms with Crippen molar-refractivity contribution in [1.29, 1.82) is 0 Å². The first kappa shape index (κ1) is 12.8. The molecule has 0 bridgehead atoms. The highest BCUT2D eigenvalue weighted by Crippen LogP contribution is 2.36. The van der Waals surface area contributed by atoms with Crippen molar-refractivity contribution >= 4 is 11.6 Å². The zero-order valence-electron chi connectivity index (χ0n) is 10.1. The van der Waals surface area contributed by atoms with Gasteiger partial charge < -0.3 is 4.42 Å². The second kappa shape index (κ2) is 5.06. The molecule has 0 radical (unpaired) electrons. The number of hydrogen-bond acceptors (Lipinski definition) is 2. The van der Waals surface area contributed by atoms with E-state index in [2.05, 4.69) is 4.98 Å². The van der Waals surface area contributed by atoms with E-state index < -0.39 is 11.6 Å². The van der Waals surface area contributed by atoms with E-state index >= 15 is 0 Å². The molecular formula is C15H8ClF2NO. The van der Waals surface area contributed by atoms with Crippen LogP contribution in [-0.4, -0.2) is 4.98 Å². The van der Waals surface area contributed by atoms with Crippen LogP contribution in [0.4, 0.5) is 8.78 Å². The molecule has 0 N–H and O–H groups in total. The van der Waals surface area contributed by atoms with Crippen LogP contribution < -0.4 is 0 Å². The van der Waals surface area contributed by atoms with Gasteiger partial charge in [-0.15, -0.1) is 0 Å². The smallest absolute Gasteiger partial charge is 0.293 e. The minimum absolute atomic E-state index is 0.109. The molecule has 1 aromatic heterocycles. The van der Waals surface area contributed by atoms with Gasteiger partial charge in [-0.1, -0.05) is 24.3 Å². The molecule has 0 aliphatic heterocycles. The molecule has 0 spiro atoms. The van der Waals surface area contributed by atoms with Crippen LogP contribution in [0.1, 0.15) is 0 Å². The SMILES string of the molecule is Fc1ccccc1-c1nc(Cl)oc1-c1ccccc1F. The summed E-state index contributed by atoms with van der Waals surface area (Å²) in [5.74, 6) is -0.855. The third kappa shape index (κ3) is 2.18. The van der Waals surface area contributed by atoms with Crippen LogP contribution in [-0.2, 0) is 0 Å². The van der Waals surface area contributed by atoms with Crippen molar-refractivity contribution in [2.45, 2.75) is 0 Å². The molecule has 0 saturated heterocycles. The van der Waals surface area contributed by atoms with E-state index in [9.17, 15) is 8.78 Å². The van der Waals surface area contributed by atoms with Crippen molar-refractivity contribution in [1.82, 2.24) is 4.98 Å². The Balaban J connectivity index is 2.25. The average molecular weight is 292 g/mol. The third-order valence-electron chi connectivity index (χ3n) is 2.85. The molecule has 3 aromatic rings. The van der Waals surface area contributed by atoms with Gasteiger partial charge >= 0.3 is 0 Å². The minimum atomic E-state index is -0.488. The lowest BCUT2D eigenvalue weighted by Gasteiger charge is -2.03. The molecule has 0 aliphatic carbocycles. The number of aromatic nitrogens is 1. The monoisotopic (exact) mass is 291 g/mol. The van der Waals surface area contributed by atoms with Gasteiger partial charge in [0.25, 0.3) is 5.35 Å². The van der Waals surface area contributed by atoms with Crippen molar-refractivity contribution in [3.05, 3.63) is 65.5 Å². The Morgan fingerprint density at radius 3 is 2.00 bits per heavy atom. The first-order valence-electron chi connectivity index (χ1n) is 5.83. The summed E-state index contributed by atoms with van der Waals surface area (Å²) in [6, 6.07) is 12.1. The van der Waals surface area contributed by atoms with E-state index in [4.69, 9.17) is 16.0 Å². The maximum atomic E-state index is 13.9. The lowest BCUT2D eigenvalue weighted by Crippen LogP contribution is -1.88. The Labute approximate surface area is 118 Å². The van der Waals surface area contributed by atoms with E-state index in [-0.39, 0.29) is 27.9 Å². The summed E-state index contributed by atoms with van der Waals surface area (Å²) in [7, 11) is 0. The molecule has 0 fully saturated rings. The molecule has 100 valence electrons. The number of benzene rings is 2. The van der Waals surface area contributed by atoms with E-state index in [0.29, 0.717) is 0 Å². The lowest BCUT2D eigenvalue weighted by molar-refractivity contribution is 0.563. The summed E-state index contributed by atoms with van der Waals surface area (Å²) in [6.45, 7) is 0. The maximum absolute atomic E-state index is 13.9. The Bertz CT molecular complexity index is 707. The van der Waals surface area contributed by atoms with E-state index in [0.717, 1.165) is 0 Å². The summed E-state index contributed by atoms with van der Waals surface area (Å²) >= 11 is 5.75. The molecule has 0 saturated carbocycles. The van der Waals surface area contributed by atoms with Crippen molar-refractivity contribution in [2.75, 3.05) is 0 Å². The molecule has 1 heterocycles. The van der Waals surface area contributed by atoms with Crippen LogP contribution in [0.2, 0.25) is 5.35 Å². The first-order valence-corrected chi connectivity index (χ1v) is 6.21. The quantitative estimate of drug-likeness (QED) is 0.668. The molecule has 0 aliphatic rings. The van der Waals surface area contributed by atoms with Gasteiger partial charge in [0.1, 0.15) is 17.3 Å². The molecule has 0 atom stereocenters. The summed E-state index contributed by atoms with van der Waals surface area (Å²) < 4.78 is 33.0. The van der Waals surface area contributed by atoms with Gasteiger partial charge in [0.05, 0.1) is 5.56 Å². The van der Waals surface area contributed by atoms with Gasteiger partial charge in [-0.25, -0.2) is 8.78 Å². The first-order chi connectivity index (χ1) is 9.66. The second-order valence-corrected chi connectivity index (χ2v) is 4.43. The van der Waals surface area contributed by atoms with Gasteiger partial charge in [-0.3, -0.25) is 0 Å². The fourth-order valence-corrected chi connectivity index (χ4v) is 2.12. The molecule has 0 unspecified atom stereocenters. The molecule has 20 heavy (non-hydrogen) atoms. The van der Waals surface area contributed by atoms with E-state index in [1.807, 2.05) is 0 Å². The van der Waals surface area contributed by atoms with Crippen LogP contribution in [0.5, 0.6) is 0 Å². The summed E-state index contributed by atoms with van der Waals surface area (Å²) in [5, 5.41) is -0.165. The second-order valence-electron chi connectivity index (χ2n) is 4.10. The normalized spacial score (nSPS) is 10.8. The average Bonchev–Trinajstić information content (AvgIpc) is 2.81. The molecule has 5 heteroatoms. The number of rotatable bonds is 2. The third-order valence-corrected chi connectivity index (χ3v) is 3.01. The molecule has 2 nitrogen and oxygen atoms in total. The number of oxazole rings is 1.